The quantitative estimate of drug-likeness (QED) is 0.421. The Hall–Kier alpha value is -2.31. The van der Waals surface area contributed by atoms with Crippen LogP contribution in [0.2, 0.25) is 10.0 Å². The van der Waals surface area contributed by atoms with Crippen molar-refractivity contribution in [2.24, 2.45) is 16.7 Å². The lowest BCUT2D eigenvalue weighted by molar-refractivity contribution is -0.138. The minimum absolute atomic E-state index is 0.0956. The molecule has 4 rings (SSSR count). The first kappa shape index (κ1) is 27.7. The van der Waals surface area contributed by atoms with Gasteiger partial charge < -0.3 is 14.7 Å². The lowest BCUT2D eigenvalue weighted by Gasteiger charge is -2.48. The molecule has 0 bridgehead atoms. The van der Waals surface area contributed by atoms with Crippen molar-refractivity contribution in [3.8, 4) is 5.75 Å². The van der Waals surface area contributed by atoms with Gasteiger partial charge in [-0.25, -0.2) is 0 Å². The number of aliphatic carboxylic acids is 1. The maximum atomic E-state index is 13.8. The molecule has 1 aromatic rings. The van der Waals surface area contributed by atoms with Gasteiger partial charge in [0.1, 0.15) is 12.3 Å². The van der Waals surface area contributed by atoms with E-state index >= 15 is 0 Å². The standard InChI is InChI=1S/C29H35Cl2NO5/c1-15(2)14-37-27-17(7-16(30)8-18(27)31)24-25-19(9-28(3,4)11-21(25)33)32(13-23(35)36)20-10-29(5,6)12-22(34)26(20)24/h7-8,15,24H,9-14H2,1-6H3,(H,35,36). The molecule has 0 atom stereocenters. The van der Waals surface area contributed by atoms with Gasteiger partial charge in [-0.1, -0.05) is 64.7 Å². The van der Waals surface area contributed by atoms with Crippen molar-refractivity contribution in [1.29, 1.82) is 0 Å². The third-order valence-corrected chi connectivity index (χ3v) is 7.72. The summed E-state index contributed by atoms with van der Waals surface area (Å²) in [6, 6.07) is 3.33. The zero-order chi connectivity index (χ0) is 27.4. The SMILES string of the molecule is CC(C)COc1c(Cl)cc(Cl)cc1C1C2=C(CC(C)(C)CC2=O)N(CC(=O)O)C2=C1C(=O)CC(C)(C)C2. The van der Waals surface area contributed by atoms with E-state index in [1.807, 2.05) is 41.5 Å². The predicted octanol–water partition coefficient (Wildman–Crippen LogP) is 6.80. The molecular formula is C29H35Cl2NO5. The summed E-state index contributed by atoms with van der Waals surface area (Å²) in [5, 5.41) is 10.5. The van der Waals surface area contributed by atoms with E-state index in [1.165, 1.54) is 0 Å². The number of allylic oxidation sites excluding steroid dienone is 4. The molecule has 0 aromatic heterocycles. The highest BCUT2D eigenvalue weighted by molar-refractivity contribution is 6.35. The molecule has 37 heavy (non-hydrogen) atoms. The number of carboxylic acid groups (broad SMARTS) is 1. The van der Waals surface area contributed by atoms with Crippen LogP contribution in [0.3, 0.4) is 0 Å². The van der Waals surface area contributed by atoms with Gasteiger partial charge >= 0.3 is 5.97 Å². The second-order valence-electron chi connectivity index (χ2n) is 12.5. The molecule has 0 radical (unpaired) electrons. The summed E-state index contributed by atoms with van der Waals surface area (Å²) in [6.07, 6.45) is 1.61. The Kier molecular flexibility index (Phi) is 7.32. The fourth-order valence-corrected chi connectivity index (χ4v) is 6.45. The molecule has 1 aromatic carbocycles. The first-order valence-corrected chi connectivity index (χ1v) is 13.5. The van der Waals surface area contributed by atoms with Gasteiger partial charge in [0.25, 0.3) is 0 Å². The van der Waals surface area contributed by atoms with Crippen LogP contribution in [0.4, 0.5) is 0 Å². The molecule has 0 saturated carbocycles. The largest absolute Gasteiger partial charge is 0.491 e. The van der Waals surface area contributed by atoms with E-state index in [1.54, 1.807) is 17.0 Å². The van der Waals surface area contributed by atoms with Gasteiger partial charge in [0.05, 0.1) is 11.6 Å². The van der Waals surface area contributed by atoms with Crippen LogP contribution < -0.4 is 4.74 Å². The molecule has 0 fully saturated rings. The van der Waals surface area contributed by atoms with Crippen LogP contribution in [0, 0.1) is 16.7 Å². The Morgan fingerprint density at radius 3 is 1.97 bits per heavy atom. The van der Waals surface area contributed by atoms with Crippen molar-refractivity contribution in [2.45, 2.75) is 73.1 Å². The number of carboxylic acids is 1. The number of Topliss-reactive ketones (excluding diaryl/α,β-unsaturated/α-hetero) is 2. The maximum absolute atomic E-state index is 13.8. The molecule has 8 heteroatoms. The van der Waals surface area contributed by atoms with E-state index in [-0.39, 0.29) is 34.9 Å². The third-order valence-electron chi connectivity index (χ3n) is 7.22. The van der Waals surface area contributed by atoms with Crippen molar-refractivity contribution >= 4 is 40.7 Å². The smallest absolute Gasteiger partial charge is 0.323 e. The minimum atomic E-state index is -1.02. The molecule has 2 aliphatic carbocycles. The fourth-order valence-electron chi connectivity index (χ4n) is 5.88. The van der Waals surface area contributed by atoms with Crippen LogP contribution in [-0.2, 0) is 14.4 Å². The lowest BCUT2D eigenvalue weighted by Crippen LogP contribution is -2.45. The van der Waals surface area contributed by atoms with E-state index in [4.69, 9.17) is 27.9 Å². The van der Waals surface area contributed by atoms with Gasteiger partial charge in [0, 0.05) is 51.9 Å². The molecule has 0 unspecified atom stereocenters. The van der Waals surface area contributed by atoms with E-state index in [0.717, 1.165) is 0 Å². The molecule has 1 heterocycles. The van der Waals surface area contributed by atoms with E-state index in [0.29, 0.717) is 76.2 Å². The summed E-state index contributed by atoms with van der Waals surface area (Å²) in [4.78, 5) is 41.4. The van der Waals surface area contributed by atoms with Crippen molar-refractivity contribution in [3.05, 3.63) is 50.3 Å². The molecule has 0 amide bonds. The Morgan fingerprint density at radius 1 is 1.00 bits per heavy atom. The number of ether oxygens (including phenoxy) is 1. The van der Waals surface area contributed by atoms with Crippen LogP contribution in [0.25, 0.3) is 0 Å². The summed E-state index contributed by atoms with van der Waals surface area (Å²) in [5.41, 5.74) is 2.13. The number of hydrogen-bond donors (Lipinski definition) is 1. The summed E-state index contributed by atoms with van der Waals surface area (Å²) in [5.74, 6) is -1.30. The fraction of sp³-hybridized carbons (Fsp3) is 0.552. The van der Waals surface area contributed by atoms with Gasteiger partial charge in [-0.15, -0.1) is 0 Å². The average molecular weight is 549 g/mol. The van der Waals surface area contributed by atoms with E-state index < -0.39 is 11.9 Å². The van der Waals surface area contributed by atoms with Crippen LogP contribution in [0.1, 0.15) is 78.7 Å². The van der Waals surface area contributed by atoms with Crippen molar-refractivity contribution < 1.29 is 24.2 Å². The normalized spacial score (nSPS) is 21.4. The number of hydrogen-bond acceptors (Lipinski definition) is 5. The molecule has 0 saturated heterocycles. The number of rotatable bonds is 6. The first-order chi connectivity index (χ1) is 17.1. The molecule has 1 N–H and O–H groups in total. The van der Waals surface area contributed by atoms with E-state index in [9.17, 15) is 19.5 Å². The van der Waals surface area contributed by atoms with Crippen LogP contribution in [0.15, 0.2) is 34.7 Å². The average Bonchev–Trinajstić information content (AvgIpc) is 2.71. The predicted molar refractivity (Wildman–Crippen MR) is 144 cm³/mol. The Bertz CT molecular complexity index is 1190. The summed E-state index contributed by atoms with van der Waals surface area (Å²) < 4.78 is 6.17. The van der Waals surface area contributed by atoms with Crippen molar-refractivity contribution in [2.75, 3.05) is 13.2 Å². The zero-order valence-corrected chi connectivity index (χ0v) is 23.8. The highest BCUT2D eigenvalue weighted by Crippen LogP contribution is 2.56. The van der Waals surface area contributed by atoms with Crippen LogP contribution >= 0.6 is 23.2 Å². The van der Waals surface area contributed by atoms with Crippen molar-refractivity contribution in [3.63, 3.8) is 0 Å². The maximum Gasteiger partial charge on any atom is 0.323 e. The molecule has 0 spiro atoms. The summed E-state index contributed by atoms with van der Waals surface area (Å²) in [6.45, 7) is 12.2. The Balaban J connectivity index is 2.05. The van der Waals surface area contributed by atoms with Gasteiger partial charge in [-0.2, -0.15) is 0 Å². The lowest BCUT2D eigenvalue weighted by atomic mass is 9.63. The van der Waals surface area contributed by atoms with Gasteiger partial charge in [-0.3, -0.25) is 14.4 Å². The molecular weight excluding hydrogens is 513 g/mol. The van der Waals surface area contributed by atoms with E-state index in [2.05, 4.69) is 0 Å². The van der Waals surface area contributed by atoms with Crippen molar-refractivity contribution in [1.82, 2.24) is 4.90 Å². The molecule has 1 aliphatic heterocycles. The number of nitrogens with zero attached hydrogens (tertiary/aromatic N) is 1. The Morgan fingerprint density at radius 2 is 1.51 bits per heavy atom. The molecule has 6 nitrogen and oxygen atoms in total. The van der Waals surface area contributed by atoms with Gasteiger partial charge in [0.2, 0.25) is 0 Å². The third kappa shape index (κ3) is 5.46. The second kappa shape index (κ2) is 9.77. The monoisotopic (exact) mass is 547 g/mol. The zero-order valence-electron chi connectivity index (χ0n) is 22.3. The molecule has 3 aliphatic rings. The van der Waals surface area contributed by atoms with Crippen LogP contribution in [0.5, 0.6) is 5.75 Å². The number of halogens is 2. The number of ketones is 2. The number of benzene rings is 1. The minimum Gasteiger partial charge on any atom is -0.491 e. The highest BCUT2D eigenvalue weighted by atomic mass is 35.5. The summed E-state index contributed by atoms with van der Waals surface area (Å²) >= 11 is 13.1. The van der Waals surface area contributed by atoms with Gasteiger partial charge in [0.15, 0.2) is 11.6 Å². The number of carbonyl (C=O) groups is 3. The second-order valence-corrected chi connectivity index (χ2v) is 13.4. The van der Waals surface area contributed by atoms with Gasteiger partial charge in [-0.05, 0) is 41.7 Å². The summed E-state index contributed by atoms with van der Waals surface area (Å²) in [7, 11) is 0. The first-order valence-electron chi connectivity index (χ1n) is 12.7. The highest BCUT2D eigenvalue weighted by Gasteiger charge is 2.50. The molecule has 200 valence electrons. The number of carbonyl (C=O) groups excluding carboxylic acids is 2. The van der Waals surface area contributed by atoms with Crippen LogP contribution in [-0.4, -0.2) is 40.7 Å². The Labute approximate surface area is 228 Å². The topological polar surface area (TPSA) is 83.9 Å².